The van der Waals surface area contributed by atoms with Gasteiger partial charge in [0.25, 0.3) is 5.91 Å². The summed E-state index contributed by atoms with van der Waals surface area (Å²) < 4.78 is 2.20. The van der Waals surface area contributed by atoms with E-state index in [4.69, 9.17) is 0 Å². The summed E-state index contributed by atoms with van der Waals surface area (Å²) in [5.74, 6) is 1.40. The van der Waals surface area contributed by atoms with Gasteiger partial charge in [0.1, 0.15) is 11.9 Å². The monoisotopic (exact) mass is 485 g/mol. The fourth-order valence-electron chi connectivity index (χ4n) is 4.33. The van der Waals surface area contributed by atoms with Crippen LogP contribution in [-0.2, 0) is 24.2 Å². The summed E-state index contributed by atoms with van der Waals surface area (Å²) in [4.78, 5) is 26.5. The first-order valence-corrected chi connectivity index (χ1v) is 12.8. The number of nitrogens with one attached hydrogen (secondary N) is 2. The van der Waals surface area contributed by atoms with Crippen LogP contribution in [0.5, 0.6) is 0 Å². The molecule has 3 heterocycles. The Balaban J connectivity index is 1.31. The van der Waals surface area contributed by atoms with Gasteiger partial charge in [0, 0.05) is 30.6 Å². The number of aryl methyl sites for hydroxylation is 1. The van der Waals surface area contributed by atoms with Gasteiger partial charge in [-0.05, 0) is 54.1 Å². The van der Waals surface area contributed by atoms with Gasteiger partial charge < -0.3 is 15.2 Å². The zero-order valence-corrected chi connectivity index (χ0v) is 20.1. The first-order valence-electron chi connectivity index (χ1n) is 11.9. The molecular formula is C27H27N5O2S. The number of anilines is 1. The third-order valence-electron chi connectivity index (χ3n) is 6.17. The number of hydrogen-bond acceptors (Lipinski definition) is 5. The number of carbonyl (C=O) groups is 2. The molecule has 0 unspecified atom stereocenters. The van der Waals surface area contributed by atoms with Gasteiger partial charge in [-0.15, -0.1) is 21.5 Å². The molecule has 35 heavy (non-hydrogen) atoms. The summed E-state index contributed by atoms with van der Waals surface area (Å²) in [5, 5.41) is 16.5. The van der Waals surface area contributed by atoms with Crippen LogP contribution in [0.15, 0.2) is 72.1 Å². The van der Waals surface area contributed by atoms with E-state index in [2.05, 4.69) is 25.4 Å². The second kappa shape index (κ2) is 10.7. The topological polar surface area (TPSA) is 88.9 Å². The Morgan fingerprint density at radius 1 is 0.943 bits per heavy atom. The number of fused-ring (bicyclic) bond motifs is 1. The fourth-order valence-corrected chi connectivity index (χ4v) is 4.95. The van der Waals surface area contributed by atoms with E-state index in [-0.39, 0.29) is 11.8 Å². The summed E-state index contributed by atoms with van der Waals surface area (Å²) in [5.41, 5.74) is 2.61. The van der Waals surface area contributed by atoms with Crippen LogP contribution in [0.2, 0.25) is 0 Å². The van der Waals surface area contributed by atoms with Crippen molar-refractivity contribution in [2.75, 3.05) is 5.32 Å². The Morgan fingerprint density at radius 2 is 1.77 bits per heavy atom. The zero-order valence-electron chi connectivity index (χ0n) is 19.3. The molecule has 178 valence electrons. The lowest BCUT2D eigenvalue weighted by molar-refractivity contribution is -0.118. The third kappa shape index (κ3) is 5.49. The number of aromatic nitrogens is 3. The van der Waals surface area contributed by atoms with E-state index in [1.165, 1.54) is 17.8 Å². The van der Waals surface area contributed by atoms with Crippen molar-refractivity contribution in [3.63, 3.8) is 0 Å². The molecule has 1 aliphatic heterocycles. The van der Waals surface area contributed by atoms with Crippen molar-refractivity contribution in [3.05, 3.63) is 88.4 Å². The van der Waals surface area contributed by atoms with Gasteiger partial charge in [0.15, 0.2) is 5.82 Å². The Labute approximate surface area is 208 Å². The van der Waals surface area contributed by atoms with E-state index in [0.717, 1.165) is 48.6 Å². The molecule has 5 rings (SSSR count). The standard InChI is InChI=1S/C27H27N5O2S/c33-26(22(18-19-8-3-1-4-9-19)29-27(34)23-10-7-17-35-23)28-21-14-12-20(13-15-21)25-31-30-24-11-5-2-6-16-32(24)25/h1,3-4,7-10,12-15,17,22H,2,5-6,11,16,18H2,(H,28,33)(H,29,34)/t22-/m1/s1. The molecule has 2 amide bonds. The van der Waals surface area contributed by atoms with E-state index in [1.807, 2.05) is 66.0 Å². The molecule has 0 radical (unpaired) electrons. The normalized spacial score (nSPS) is 13.9. The lowest BCUT2D eigenvalue weighted by Gasteiger charge is -2.18. The van der Waals surface area contributed by atoms with Crippen molar-refractivity contribution >= 4 is 28.8 Å². The average molecular weight is 486 g/mol. The van der Waals surface area contributed by atoms with Crippen molar-refractivity contribution < 1.29 is 9.59 Å². The Bertz CT molecular complexity index is 1280. The maximum Gasteiger partial charge on any atom is 0.262 e. The molecule has 1 aliphatic rings. The molecule has 0 saturated carbocycles. The van der Waals surface area contributed by atoms with E-state index in [0.29, 0.717) is 17.0 Å². The third-order valence-corrected chi connectivity index (χ3v) is 7.04. The molecule has 2 aromatic heterocycles. The molecule has 0 bridgehead atoms. The lowest BCUT2D eigenvalue weighted by Crippen LogP contribution is -2.45. The summed E-state index contributed by atoms with van der Waals surface area (Å²) in [7, 11) is 0. The molecule has 0 spiro atoms. The van der Waals surface area contributed by atoms with Gasteiger partial charge in [-0.3, -0.25) is 9.59 Å². The molecule has 1 atom stereocenters. The second-order valence-corrected chi connectivity index (χ2v) is 9.61. The number of thiophene rings is 1. The van der Waals surface area contributed by atoms with Gasteiger partial charge in [-0.1, -0.05) is 42.8 Å². The van der Waals surface area contributed by atoms with Crippen LogP contribution in [0.3, 0.4) is 0 Å². The van der Waals surface area contributed by atoms with E-state index in [1.54, 1.807) is 6.07 Å². The molecular weight excluding hydrogens is 458 g/mol. The van der Waals surface area contributed by atoms with Crippen molar-refractivity contribution in [3.8, 4) is 11.4 Å². The molecule has 2 aromatic carbocycles. The van der Waals surface area contributed by atoms with Gasteiger partial charge in [0.2, 0.25) is 5.91 Å². The first-order chi connectivity index (χ1) is 17.2. The molecule has 2 N–H and O–H groups in total. The number of rotatable bonds is 7. The minimum Gasteiger partial charge on any atom is -0.339 e. The van der Waals surface area contributed by atoms with Gasteiger partial charge in [0.05, 0.1) is 4.88 Å². The number of amides is 2. The van der Waals surface area contributed by atoms with Crippen molar-refractivity contribution in [2.45, 2.75) is 44.7 Å². The SMILES string of the molecule is O=C(N[C@H](Cc1ccccc1)C(=O)Nc1ccc(-c2nnc3n2CCCCC3)cc1)c1cccs1. The highest BCUT2D eigenvalue weighted by atomic mass is 32.1. The summed E-state index contributed by atoms with van der Waals surface area (Å²) in [6, 6.07) is 20.2. The second-order valence-electron chi connectivity index (χ2n) is 8.66. The highest BCUT2D eigenvalue weighted by Crippen LogP contribution is 2.24. The van der Waals surface area contributed by atoms with Crippen LogP contribution in [0.4, 0.5) is 5.69 Å². The van der Waals surface area contributed by atoms with Crippen LogP contribution in [-0.4, -0.2) is 32.6 Å². The molecule has 4 aromatic rings. The average Bonchev–Trinajstić information content (AvgIpc) is 3.50. The van der Waals surface area contributed by atoms with Crippen LogP contribution < -0.4 is 10.6 Å². The van der Waals surface area contributed by atoms with Crippen molar-refractivity contribution in [1.29, 1.82) is 0 Å². The van der Waals surface area contributed by atoms with Crippen LogP contribution in [0, 0.1) is 0 Å². The molecule has 0 aliphatic carbocycles. The number of carbonyl (C=O) groups excluding carboxylic acids is 2. The van der Waals surface area contributed by atoms with E-state index >= 15 is 0 Å². The number of hydrogen-bond donors (Lipinski definition) is 2. The van der Waals surface area contributed by atoms with Gasteiger partial charge in [-0.25, -0.2) is 0 Å². The van der Waals surface area contributed by atoms with Crippen molar-refractivity contribution in [2.24, 2.45) is 0 Å². The van der Waals surface area contributed by atoms with E-state index in [9.17, 15) is 9.59 Å². The molecule has 7 nitrogen and oxygen atoms in total. The summed E-state index contributed by atoms with van der Waals surface area (Å²) >= 11 is 1.35. The van der Waals surface area contributed by atoms with Gasteiger partial charge in [-0.2, -0.15) is 0 Å². The highest BCUT2D eigenvalue weighted by Gasteiger charge is 2.23. The smallest absolute Gasteiger partial charge is 0.262 e. The summed E-state index contributed by atoms with van der Waals surface area (Å²) in [6.07, 6.45) is 4.85. The number of nitrogens with zero attached hydrogens (tertiary/aromatic N) is 3. The van der Waals surface area contributed by atoms with Crippen molar-refractivity contribution in [1.82, 2.24) is 20.1 Å². The van der Waals surface area contributed by atoms with Crippen LogP contribution >= 0.6 is 11.3 Å². The maximum absolute atomic E-state index is 13.2. The predicted octanol–water partition coefficient (Wildman–Crippen LogP) is 4.71. The molecule has 0 saturated heterocycles. The fraction of sp³-hybridized carbons (Fsp3) is 0.259. The molecule has 0 fully saturated rings. The summed E-state index contributed by atoms with van der Waals surface area (Å²) in [6.45, 7) is 0.932. The lowest BCUT2D eigenvalue weighted by atomic mass is 10.0. The largest absolute Gasteiger partial charge is 0.339 e. The highest BCUT2D eigenvalue weighted by molar-refractivity contribution is 7.12. The molecule has 8 heteroatoms. The van der Waals surface area contributed by atoms with Crippen LogP contribution in [0.25, 0.3) is 11.4 Å². The zero-order chi connectivity index (χ0) is 24.0. The van der Waals surface area contributed by atoms with E-state index < -0.39 is 6.04 Å². The minimum absolute atomic E-state index is 0.251. The Hall–Kier alpha value is -3.78. The quantitative estimate of drug-likeness (QED) is 0.397. The van der Waals surface area contributed by atoms with Gasteiger partial charge >= 0.3 is 0 Å². The van der Waals surface area contributed by atoms with Crippen LogP contribution in [0.1, 0.15) is 40.3 Å². The maximum atomic E-state index is 13.2. The first kappa shape index (κ1) is 23.0. The Kier molecular flexibility index (Phi) is 6.99. The number of benzene rings is 2. The predicted molar refractivity (Wildman–Crippen MR) is 137 cm³/mol. The minimum atomic E-state index is -0.709. The Morgan fingerprint density at radius 3 is 2.54 bits per heavy atom.